The van der Waals surface area contributed by atoms with Crippen molar-refractivity contribution in [2.24, 2.45) is 0 Å². The number of imidazole rings is 1. The average molecular weight is 485 g/mol. The van der Waals surface area contributed by atoms with Crippen LogP contribution in [0.15, 0.2) is 12.7 Å². The highest BCUT2D eigenvalue weighted by Crippen LogP contribution is 2.31. The van der Waals surface area contributed by atoms with Crippen molar-refractivity contribution in [1.29, 1.82) is 0 Å². The first-order valence-electron chi connectivity index (χ1n) is 10.2. The van der Waals surface area contributed by atoms with Crippen LogP contribution in [-0.2, 0) is 14.3 Å². The normalized spacial score (nSPS) is 21.7. The Kier molecular flexibility index (Phi) is 7.94. The number of aliphatic carboxylic acids is 1. The summed E-state index contributed by atoms with van der Waals surface area (Å²) in [6.07, 6.45) is 0.404. The first kappa shape index (κ1) is 25.0. The molecular formula is C19H28N6O7S. The van der Waals surface area contributed by atoms with Gasteiger partial charge in [0.05, 0.1) is 24.9 Å². The number of nitrogens with one attached hydrogen (secondary N) is 2. The Morgan fingerprint density at radius 2 is 2.12 bits per heavy atom. The summed E-state index contributed by atoms with van der Waals surface area (Å²) < 4.78 is 12.4. The summed E-state index contributed by atoms with van der Waals surface area (Å²) in [4.78, 5) is 36.1. The quantitative estimate of drug-likeness (QED) is 0.247. The van der Waals surface area contributed by atoms with Gasteiger partial charge in [0.1, 0.15) is 30.3 Å². The number of amides is 1. The molecule has 13 nitrogen and oxygen atoms in total. The van der Waals surface area contributed by atoms with Gasteiger partial charge in [0.25, 0.3) is 0 Å². The smallest absolute Gasteiger partial charge is 0.408 e. The molecule has 1 saturated heterocycles. The zero-order chi connectivity index (χ0) is 24.2. The summed E-state index contributed by atoms with van der Waals surface area (Å²) >= 11 is 1.25. The number of rotatable bonds is 9. The molecule has 3 rings (SSSR count). The number of alkyl carbamates (subject to hydrolysis) is 1. The van der Waals surface area contributed by atoms with E-state index in [4.69, 9.17) is 9.47 Å². The molecule has 0 spiro atoms. The van der Waals surface area contributed by atoms with E-state index < -0.39 is 42.1 Å². The highest BCUT2D eigenvalue weighted by molar-refractivity contribution is 7.99. The molecule has 2 aromatic heterocycles. The van der Waals surface area contributed by atoms with E-state index in [0.717, 1.165) is 0 Å². The average Bonchev–Trinajstić information content (AvgIpc) is 3.32. The van der Waals surface area contributed by atoms with Crippen LogP contribution in [-0.4, -0.2) is 89.0 Å². The van der Waals surface area contributed by atoms with E-state index >= 15 is 0 Å². The molecule has 2 aromatic rings. The van der Waals surface area contributed by atoms with E-state index in [-0.39, 0.29) is 12.4 Å². The van der Waals surface area contributed by atoms with E-state index in [0.29, 0.717) is 29.3 Å². The number of nitrogens with zero attached hydrogens (tertiary/aromatic N) is 4. The predicted molar refractivity (Wildman–Crippen MR) is 119 cm³/mol. The van der Waals surface area contributed by atoms with Crippen LogP contribution in [0.3, 0.4) is 0 Å². The van der Waals surface area contributed by atoms with Crippen LogP contribution in [0.25, 0.3) is 11.2 Å². The topological polar surface area (TPSA) is 181 Å². The van der Waals surface area contributed by atoms with Crippen LogP contribution >= 0.6 is 11.8 Å². The minimum absolute atomic E-state index is 0.0978. The predicted octanol–water partition coefficient (Wildman–Crippen LogP) is 0.548. The number of carbonyl (C=O) groups is 2. The molecule has 33 heavy (non-hydrogen) atoms. The van der Waals surface area contributed by atoms with Crippen molar-refractivity contribution in [3.63, 3.8) is 0 Å². The van der Waals surface area contributed by atoms with Crippen LogP contribution in [0, 0.1) is 0 Å². The Morgan fingerprint density at radius 1 is 1.36 bits per heavy atom. The summed E-state index contributed by atoms with van der Waals surface area (Å²) in [5.41, 5.74) is 0.234. The maximum Gasteiger partial charge on any atom is 0.408 e. The lowest BCUT2D eigenvalue weighted by molar-refractivity contribution is -0.138. The summed E-state index contributed by atoms with van der Waals surface area (Å²) in [5.74, 6) is -0.336. The number of carboxylic acids is 1. The molecule has 0 radical (unpaired) electrons. The SMILES string of the molecule is CC(C)(C)OC(=O)N[C@@H](CSCNc1ncnc2c1ncn2[C@H]1C[C@H](O)[C@@H](CO)O1)C(=O)O. The zero-order valence-electron chi connectivity index (χ0n) is 18.5. The van der Waals surface area contributed by atoms with Gasteiger partial charge in [-0.15, -0.1) is 11.8 Å². The van der Waals surface area contributed by atoms with Crippen molar-refractivity contribution < 1.29 is 34.4 Å². The van der Waals surface area contributed by atoms with E-state index in [1.807, 2.05) is 0 Å². The van der Waals surface area contributed by atoms with Crippen molar-refractivity contribution in [1.82, 2.24) is 24.8 Å². The Hall–Kier alpha value is -2.68. The number of carbonyl (C=O) groups excluding carboxylic acids is 1. The molecule has 0 aliphatic carbocycles. The highest BCUT2D eigenvalue weighted by Gasteiger charge is 2.35. The van der Waals surface area contributed by atoms with Gasteiger partial charge in [-0.1, -0.05) is 0 Å². The molecule has 1 aliphatic rings. The molecule has 0 aromatic carbocycles. The third-order valence-corrected chi connectivity index (χ3v) is 5.59. The number of hydrogen-bond acceptors (Lipinski definition) is 11. The van der Waals surface area contributed by atoms with Crippen LogP contribution < -0.4 is 10.6 Å². The lowest BCUT2D eigenvalue weighted by Crippen LogP contribution is -2.45. The first-order valence-corrected chi connectivity index (χ1v) is 11.4. The minimum atomic E-state index is -1.17. The molecule has 0 bridgehead atoms. The van der Waals surface area contributed by atoms with Gasteiger partial charge in [-0.25, -0.2) is 24.5 Å². The standard InChI is InChI=1S/C19H28N6O7S/c1-19(2,3)32-18(30)24-10(17(28)29)6-33-9-23-15-14-16(21-7-20-15)25(8-22-14)13-4-11(27)12(5-26)31-13/h7-8,10-13,26-27H,4-6,9H2,1-3H3,(H,24,30)(H,28,29)(H,20,21,23)/t10-,11-,12+,13+/m0/s1. The number of hydrogen-bond donors (Lipinski definition) is 5. The molecular weight excluding hydrogens is 456 g/mol. The summed E-state index contributed by atoms with van der Waals surface area (Å²) in [5, 5.41) is 34.0. The molecule has 14 heteroatoms. The second-order valence-corrected chi connectivity index (χ2v) is 9.42. The van der Waals surface area contributed by atoms with Crippen LogP contribution in [0.5, 0.6) is 0 Å². The lowest BCUT2D eigenvalue weighted by atomic mass is 10.2. The van der Waals surface area contributed by atoms with Crippen molar-refractivity contribution in [2.75, 3.05) is 23.6 Å². The van der Waals surface area contributed by atoms with E-state index in [9.17, 15) is 24.9 Å². The summed E-state index contributed by atoms with van der Waals surface area (Å²) in [6, 6.07) is -1.12. The van der Waals surface area contributed by atoms with E-state index in [1.54, 1.807) is 25.3 Å². The number of thioether (sulfide) groups is 1. The monoisotopic (exact) mass is 484 g/mol. The number of aliphatic hydroxyl groups excluding tert-OH is 2. The summed E-state index contributed by atoms with van der Waals surface area (Å²) in [6.45, 7) is 4.79. The molecule has 1 aliphatic heterocycles. The second kappa shape index (κ2) is 10.5. The first-order chi connectivity index (χ1) is 15.6. The van der Waals surface area contributed by atoms with Crippen molar-refractivity contribution >= 4 is 40.8 Å². The number of ether oxygens (including phenoxy) is 2. The van der Waals surface area contributed by atoms with Gasteiger partial charge in [-0.05, 0) is 20.8 Å². The van der Waals surface area contributed by atoms with Crippen molar-refractivity contribution in [2.45, 2.75) is 57.3 Å². The summed E-state index contributed by atoms with van der Waals surface area (Å²) in [7, 11) is 0. The molecule has 5 N–H and O–H groups in total. The maximum absolute atomic E-state index is 11.9. The van der Waals surface area contributed by atoms with Gasteiger partial charge < -0.3 is 35.4 Å². The lowest BCUT2D eigenvalue weighted by Gasteiger charge is -2.21. The Morgan fingerprint density at radius 3 is 2.76 bits per heavy atom. The number of anilines is 1. The fourth-order valence-electron chi connectivity index (χ4n) is 3.16. The Labute approximate surface area is 193 Å². The molecule has 1 amide bonds. The molecule has 0 unspecified atom stereocenters. The van der Waals surface area contributed by atoms with Gasteiger partial charge in [0.2, 0.25) is 0 Å². The minimum Gasteiger partial charge on any atom is -0.480 e. The fraction of sp³-hybridized carbons (Fsp3) is 0.632. The molecule has 182 valence electrons. The third kappa shape index (κ3) is 6.43. The van der Waals surface area contributed by atoms with Gasteiger partial charge in [0.15, 0.2) is 17.0 Å². The Balaban J connectivity index is 1.57. The second-order valence-electron chi connectivity index (χ2n) is 8.39. The van der Waals surface area contributed by atoms with E-state index in [1.165, 1.54) is 24.4 Å². The molecule has 3 heterocycles. The zero-order valence-corrected chi connectivity index (χ0v) is 19.3. The molecule has 0 saturated carbocycles. The van der Waals surface area contributed by atoms with Crippen molar-refractivity contribution in [3.8, 4) is 0 Å². The van der Waals surface area contributed by atoms with Gasteiger partial charge in [0, 0.05) is 12.2 Å². The number of fused-ring (bicyclic) bond motifs is 1. The molecule has 4 atom stereocenters. The van der Waals surface area contributed by atoms with Gasteiger partial charge in [-0.3, -0.25) is 4.57 Å². The van der Waals surface area contributed by atoms with Crippen LogP contribution in [0.2, 0.25) is 0 Å². The van der Waals surface area contributed by atoms with Gasteiger partial charge >= 0.3 is 12.1 Å². The highest BCUT2D eigenvalue weighted by atomic mass is 32.2. The Bertz CT molecular complexity index is 981. The third-order valence-electron chi connectivity index (χ3n) is 4.67. The van der Waals surface area contributed by atoms with Crippen molar-refractivity contribution in [3.05, 3.63) is 12.7 Å². The fourth-order valence-corrected chi connectivity index (χ4v) is 3.98. The van der Waals surface area contributed by atoms with Gasteiger partial charge in [-0.2, -0.15) is 0 Å². The maximum atomic E-state index is 11.9. The largest absolute Gasteiger partial charge is 0.480 e. The number of aliphatic hydroxyl groups is 2. The van der Waals surface area contributed by atoms with E-state index in [2.05, 4.69) is 25.6 Å². The number of aromatic nitrogens is 4. The van der Waals surface area contributed by atoms with Crippen LogP contribution in [0.4, 0.5) is 10.6 Å². The number of carboxylic acid groups (broad SMARTS) is 1. The van der Waals surface area contributed by atoms with Crippen LogP contribution in [0.1, 0.15) is 33.4 Å². The molecule has 1 fully saturated rings.